The molecule has 1 saturated heterocycles. The zero-order valence-corrected chi connectivity index (χ0v) is 21.0. The van der Waals surface area contributed by atoms with Crippen LogP contribution in [0.3, 0.4) is 0 Å². The number of amides is 2. The van der Waals surface area contributed by atoms with E-state index in [2.05, 4.69) is 23.5 Å². The third-order valence-electron chi connectivity index (χ3n) is 7.34. The van der Waals surface area contributed by atoms with E-state index in [4.69, 9.17) is 8.83 Å². The van der Waals surface area contributed by atoms with Gasteiger partial charge in [-0.05, 0) is 77.0 Å². The van der Waals surface area contributed by atoms with Crippen LogP contribution in [0.25, 0.3) is 11.0 Å². The Labute approximate surface area is 205 Å². The van der Waals surface area contributed by atoms with Gasteiger partial charge in [0.2, 0.25) is 5.91 Å². The van der Waals surface area contributed by atoms with Crippen LogP contribution in [0.2, 0.25) is 0 Å². The number of aryl methyl sites for hydroxylation is 3. The van der Waals surface area contributed by atoms with Crippen LogP contribution in [0.15, 0.2) is 32.3 Å². The Balaban J connectivity index is 1.35. The first-order valence-electron chi connectivity index (χ1n) is 12.6. The van der Waals surface area contributed by atoms with E-state index in [0.29, 0.717) is 5.76 Å². The van der Waals surface area contributed by atoms with Crippen molar-refractivity contribution < 1.29 is 18.4 Å². The number of hydrazone groups is 1. The van der Waals surface area contributed by atoms with E-state index in [1.165, 1.54) is 0 Å². The fourth-order valence-electron chi connectivity index (χ4n) is 5.61. The van der Waals surface area contributed by atoms with E-state index in [-0.39, 0.29) is 24.3 Å². The van der Waals surface area contributed by atoms with Crippen molar-refractivity contribution >= 4 is 28.5 Å². The van der Waals surface area contributed by atoms with Crippen molar-refractivity contribution in [1.82, 2.24) is 10.3 Å². The van der Waals surface area contributed by atoms with Crippen LogP contribution < -0.4 is 5.43 Å². The first-order valence-corrected chi connectivity index (χ1v) is 12.6. The van der Waals surface area contributed by atoms with Crippen molar-refractivity contribution in [3.63, 3.8) is 0 Å². The number of nitrogens with zero attached hydrogens (tertiary/aromatic N) is 2. The predicted molar refractivity (Wildman–Crippen MR) is 135 cm³/mol. The number of hydrogen-bond donors (Lipinski definition) is 1. The smallest absolute Gasteiger partial charge is 0.290 e. The minimum Gasteiger partial charge on any atom is -0.464 e. The third-order valence-corrected chi connectivity index (χ3v) is 7.34. The molecule has 5 rings (SSSR count). The summed E-state index contributed by atoms with van der Waals surface area (Å²) in [5.41, 5.74) is 9.07. The van der Waals surface area contributed by atoms with E-state index < -0.39 is 0 Å². The lowest BCUT2D eigenvalue weighted by atomic mass is 9.93. The van der Waals surface area contributed by atoms with Crippen molar-refractivity contribution in [2.45, 2.75) is 78.7 Å². The first-order chi connectivity index (χ1) is 16.8. The summed E-state index contributed by atoms with van der Waals surface area (Å²) in [5.74, 6) is 0.971. The zero-order chi connectivity index (χ0) is 24.7. The van der Waals surface area contributed by atoms with Gasteiger partial charge in [-0.15, -0.1) is 0 Å². The van der Waals surface area contributed by atoms with Gasteiger partial charge in [-0.2, -0.15) is 5.10 Å². The van der Waals surface area contributed by atoms with Gasteiger partial charge in [0.05, 0.1) is 18.4 Å². The maximum absolute atomic E-state index is 13.3. The van der Waals surface area contributed by atoms with Gasteiger partial charge in [0.1, 0.15) is 11.3 Å². The molecule has 1 unspecified atom stereocenters. The van der Waals surface area contributed by atoms with Crippen LogP contribution in [0.1, 0.15) is 83.2 Å². The Morgan fingerprint density at radius 2 is 1.97 bits per heavy atom. The Kier molecular flexibility index (Phi) is 6.26. The minimum atomic E-state index is -0.202. The second-order valence-electron chi connectivity index (χ2n) is 10.0. The maximum Gasteiger partial charge on any atom is 0.290 e. The van der Waals surface area contributed by atoms with E-state index in [9.17, 15) is 9.59 Å². The Hall–Kier alpha value is -3.35. The van der Waals surface area contributed by atoms with Crippen molar-refractivity contribution in [1.29, 1.82) is 0 Å². The number of hydrogen-bond acceptors (Lipinski definition) is 5. The molecule has 1 N–H and O–H groups in total. The number of fused-ring (bicyclic) bond motifs is 2. The van der Waals surface area contributed by atoms with Gasteiger partial charge < -0.3 is 13.7 Å². The van der Waals surface area contributed by atoms with Gasteiger partial charge in [-0.1, -0.05) is 6.07 Å². The van der Waals surface area contributed by atoms with Crippen molar-refractivity contribution in [3.8, 4) is 0 Å². The molecule has 2 amide bonds. The minimum absolute atomic E-state index is 0.0371. The molecule has 0 bridgehead atoms. The number of piperidine rings is 1. The fourth-order valence-corrected chi connectivity index (χ4v) is 5.61. The molecule has 0 spiro atoms. The molecule has 1 atom stereocenters. The number of carbonyl (C=O) groups excluding carboxylic acids is 2. The quantitative estimate of drug-likeness (QED) is 0.514. The number of carbonyl (C=O) groups is 2. The largest absolute Gasteiger partial charge is 0.464 e. The van der Waals surface area contributed by atoms with Gasteiger partial charge in [-0.3, -0.25) is 9.59 Å². The Bertz CT molecular complexity index is 1330. The van der Waals surface area contributed by atoms with Gasteiger partial charge in [0.25, 0.3) is 5.91 Å². The van der Waals surface area contributed by atoms with Crippen LogP contribution in [0.4, 0.5) is 0 Å². The van der Waals surface area contributed by atoms with Crippen LogP contribution in [0.5, 0.6) is 0 Å². The first kappa shape index (κ1) is 23.4. The normalized spacial score (nSPS) is 19.3. The van der Waals surface area contributed by atoms with E-state index in [1.54, 1.807) is 6.26 Å². The molecular formula is C28H33N3O4. The molecule has 3 aromatic rings. The lowest BCUT2D eigenvalue weighted by molar-refractivity contribution is -0.120. The molecule has 2 aromatic heterocycles. The summed E-state index contributed by atoms with van der Waals surface area (Å²) >= 11 is 0. The van der Waals surface area contributed by atoms with Crippen molar-refractivity contribution in [2.24, 2.45) is 5.10 Å². The zero-order valence-electron chi connectivity index (χ0n) is 21.0. The molecule has 7 nitrogen and oxygen atoms in total. The van der Waals surface area contributed by atoms with E-state index in [0.717, 1.165) is 95.3 Å². The van der Waals surface area contributed by atoms with Crippen LogP contribution in [-0.2, 0) is 17.6 Å². The van der Waals surface area contributed by atoms with E-state index in [1.807, 2.05) is 31.7 Å². The molecule has 35 heavy (non-hydrogen) atoms. The average Bonchev–Trinajstić information content (AvgIpc) is 3.38. The standard InChI is InChI=1S/C28H33N3O4/c1-16-12-17(2)25-20(15-34-23(25)13-16)14-24(32)30-29-21-9-7-10-22-26(21)19(4)27(35-22)28(33)31-11-6-5-8-18(31)3/h12-13,15,18H,5-11,14H2,1-4H3,(H,30,32)/b29-21+. The molecule has 0 radical (unpaired) electrons. The number of nitrogens with one attached hydrogen (secondary N) is 1. The molecule has 0 saturated carbocycles. The molecule has 2 aliphatic rings. The summed E-state index contributed by atoms with van der Waals surface area (Å²) in [7, 11) is 0. The second-order valence-corrected chi connectivity index (χ2v) is 10.0. The molecule has 1 aliphatic heterocycles. The highest BCUT2D eigenvalue weighted by atomic mass is 16.4. The molecular weight excluding hydrogens is 442 g/mol. The Morgan fingerprint density at radius 3 is 2.77 bits per heavy atom. The lowest BCUT2D eigenvalue weighted by Gasteiger charge is -2.32. The van der Waals surface area contributed by atoms with E-state index >= 15 is 0 Å². The SMILES string of the molecule is Cc1cc(C)c2c(CC(=O)N/N=C3\CCCc4oc(C(=O)N5CCCCC5C)c(C)c43)coc2c1. The number of rotatable bonds is 4. The monoisotopic (exact) mass is 475 g/mol. The summed E-state index contributed by atoms with van der Waals surface area (Å²) in [6.07, 6.45) is 7.41. The highest BCUT2D eigenvalue weighted by Gasteiger charge is 2.32. The second kappa shape index (κ2) is 9.36. The van der Waals surface area contributed by atoms with Crippen LogP contribution in [0, 0.1) is 20.8 Å². The van der Waals surface area contributed by atoms with Gasteiger partial charge >= 0.3 is 0 Å². The molecule has 1 fully saturated rings. The number of furan rings is 2. The lowest BCUT2D eigenvalue weighted by Crippen LogP contribution is -2.42. The molecule has 184 valence electrons. The topological polar surface area (TPSA) is 88.0 Å². The number of likely N-dealkylation sites (tertiary alicyclic amines) is 1. The number of benzene rings is 1. The summed E-state index contributed by atoms with van der Waals surface area (Å²) in [6.45, 7) is 8.85. The summed E-state index contributed by atoms with van der Waals surface area (Å²) in [5, 5.41) is 5.47. The van der Waals surface area contributed by atoms with Crippen molar-refractivity contribution in [2.75, 3.05) is 6.54 Å². The van der Waals surface area contributed by atoms with Crippen LogP contribution in [-0.4, -0.2) is 35.0 Å². The van der Waals surface area contributed by atoms with Gasteiger partial charge in [0.15, 0.2) is 5.76 Å². The van der Waals surface area contributed by atoms with Gasteiger partial charge in [-0.25, -0.2) is 5.43 Å². The molecule has 1 aromatic carbocycles. The predicted octanol–water partition coefficient (Wildman–Crippen LogP) is 5.36. The molecule has 7 heteroatoms. The van der Waals surface area contributed by atoms with Gasteiger partial charge in [0, 0.05) is 41.1 Å². The highest BCUT2D eigenvalue weighted by Crippen LogP contribution is 2.32. The highest BCUT2D eigenvalue weighted by molar-refractivity contribution is 6.06. The van der Waals surface area contributed by atoms with Crippen molar-refractivity contribution in [3.05, 3.63) is 57.7 Å². The maximum atomic E-state index is 13.3. The molecule has 3 heterocycles. The summed E-state index contributed by atoms with van der Waals surface area (Å²) in [6, 6.07) is 4.30. The summed E-state index contributed by atoms with van der Waals surface area (Å²) < 4.78 is 11.8. The summed E-state index contributed by atoms with van der Waals surface area (Å²) in [4.78, 5) is 28.0. The molecule has 1 aliphatic carbocycles. The third kappa shape index (κ3) is 4.40. The fraction of sp³-hybridized carbons (Fsp3) is 0.464. The Morgan fingerprint density at radius 1 is 1.14 bits per heavy atom. The van der Waals surface area contributed by atoms with Crippen LogP contribution >= 0.6 is 0 Å². The average molecular weight is 476 g/mol.